The zero-order valence-corrected chi connectivity index (χ0v) is 10.3. The van der Waals surface area contributed by atoms with Crippen LogP contribution in [0.5, 0.6) is 0 Å². The van der Waals surface area contributed by atoms with Gasteiger partial charge in [-0.1, -0.05) is 6.92 Å². The number of nitriles is 1. The highest BCUT2D eigenvalue weighted by molar-refractivity contribution is 6.71. The molecule has 0 aliphatic heterocycles. The summed E-state index contributed by atoms with van der Waals surface area (Å²) in [4.78, 5) is 0. The first-order valence-corrected chi connectivity index (χ1v) is 8.18. The first-order chi connectivity index (χ1) is 6.02. The Morgan fingerprint density at radius 3 is 2.54 bits per heavy atom. The molecule has 0 fully saturated rings. The summed E-state index contributed by atoms with van der Waals surface area (Å²) in [6.07, 6.45) is 3.12. The highest BCUT2D eigenvalue weighted by atomic mass is 28.4. The van der Waals surface area contributed by atoms with Gasteiger partial charge in [-0.15, -0.1) is 0 Å². The fourth-order valence-corrected chi connectivity index (χ4v) is 3.68. The van der Waals surface area contributed by atoms with E-state index in [4.69, 9.17) is 9.69 Å². The zero-order valence-electron chi connectivity index (χ0n) is 9.26. The third kappa shape index (κ3) is 6.79. The zero-order chi connectivity index (χ0) is 10.3. The lowest BCUT2D eigenvalue weighted by atomic mass is 10.3. The first kappa shape index (κ1) is 12.7. The SMILES string of the molecule is CCC(C)O[Si](C)(C)CCCC#N. The van der Waals surface area contributed by atoms with Gasteiger partial charge in [-0.25, -0.2) is 0 Å². The predicted octanol–water partition coefficient (Wildman–Crippen LogP) is 3.31. The third-order valence-electron chi connectivity index (χ3n) is 2.16. The lowest BCUT2D eigenvalue weighted by Crippen LogP contribution is -2.33. The second-order valence-corrected chi connectivity index (χ2v) is 8.36. The number of unbranched alkanes of at least 4 members (excludes halogenated alkanes) is 1. The van der Waals surface area contributed by atoms with Gasteiger partial charge in [0.05, 0.1) is 6.07 Å². The van der Waals surface area contributed by atoms with Crippen LogP contribution in [0.2, 0.25) is 19.1 Å². The summed E-state index contributed by atoms with van der Waals surface area (Å²) in [7, 11) is -1.48. The Morgan fingerprint density at radius 2 is 2.08 bits per heavy atom. The van der Waals surface area contributed by atoms with E-state index in [9.17, 15) is 0 Å². The van der Waals surface area contributed by atoms with E-state index in [1.54, 1.807) is 0 Å². The van der Waals surface area contributed by atoms with E-state index in [0.29, 0.717) is 12.5 Å². The average Bonchev–Trinajstić information content (AvgIpc) is 2.03. The van der Waals surface area contributed by atoms with Crippen LogP contribution in [0.4, 0.5) is 0 Å². The minimum atomic E-state index is -1.48. The molecule has 0 aliphatic carbocycles. The van der Waals surface area contributed by atoms with Crippen molar-refractivity contribution in [3.8, 4) is 6.07 Å². The highest BCUT2D eigenvalue weighted by Crippen LogP contribution is 2.17. The lowest BCUT2D eigenvalue weighted by Gasteiger charge is -2.26. The molecule has 0 radical (unpaired) electrons. The molecule has 0 heterocycles. The van der Waals surface area contributed by atoms with Crippen molar-refractivity contribution in [3.05, 3.63) is 0 Å². The molecule has 2 nitrogen and oxygen atoms in total. The number of rotatable bonds is 6. The van der Waals surface area contributed by atoms with Crippen LogP contribution in [-0.4, -0.2) is 14.4 Å². The van der Waals surface area contributed by atoms with Gasteiger partial charge in [0.1, 0.15) is 0 Å². The largest absolute Gasteiger partial charge is 0.415 e. The van der Waals surface area contributed by atoms with Gasteiger partial charge in [0, 0.05) is 12.5 Å². The monoisotopic (exact) mass is 199 g/mol. The molecule has 0 rings (SSSR count). The van der Waals surface area contributed by atoms with E-state index in [1.807, 2.05) is 0 Å². The molecule has 0 saturated heterocycles. The second kappa shape index (κ2) is 6.17. The molecule has 0 saturated carbocycles. The Labute approximate surface area is 83.0 Å². The predicted molar refractivity (Wildman–Crippen MR) is 58.0 cm³/mol. The normalized spacial score (nSPS) is 13.8. The van der Waals surface area contributed by atoms with Crippen LogP contribution in [-0.2, 0) is 4.43 Å². The smallest absolute Gasteiger partial charge is 0.187 e. The molecule has 0 aromatic rings. The Balaban J connectivity index is 3.73. The fraction of sp³-hybridized carbons (Fsp3) is 0.900. The van der Waals surface area contributed by atoms with Crippen LogP contribution < -0.4 is 0 Å². The van der Waals surface area contributed by atoms with Crippen LogP contribution in [0, 0.1) is 11.3 Å². The van der Waals surface area contributed by atoms with Crippen molar-refractivity contribution in [1.29, 1.82) is 5.26 Å². The van der Waals surface area contributed by atoms with Crippen LogP contribution in [0.25, 0.3) is 0 Å². The topological polar surface area (TPSA) is 33.0 Å². The maximum Gasteiger partial charge on any atom is 0.187 e. The van der Waals surface area contributed by atoms with Gasteiger partial charge in [0.2, 0.25) is 0 Å². The van der Waals surface area contributed by atoms with E-state index >= 15 is 0 Å². The minimum Gasteiger partial charge on any atom is -0.415 e. The Kier molecular flexibility index (Phi) is 6.01. The lowest BCUT2D eigenvalue weighted by molar-refractivity contribution is 0.206. The van der Waals surface area contributed by atoms with Gasteiger partial charge in [-0.2, -0.15) is 5.26 Å². The molecule has 0 spiro atoms. The molecule has 0 bridgehead atoms. The number of hydrogen-bond donors (Lipinski definition) is 0. The molecular formula is C10H21NOSi. The third-order valence-corrected chi connectivity index (χ3v) is 4.76. The van der Waals surface area contributed by atoms with Gasteiger partial charge in [0.25, 0.3) is 0 Å². The van der Waals surface area contributed by atoms with E-state index in [0.717, 1.165) is 18.9 Å². The summed E-state index contributed by atoms with van der Waals surface area (Å²) in [5.74, 6) is 0. The standard InChI is InChI=1S/C10H21NOSi/c1-5-10(2)12-13(3,4)9-7-6-8-11/h10H,5-7,9H2,1-4H3. The Morgan fingerprint density at radius 1 is 1.46 bits per heavy atom. The molecule has 1 unspecified atom stereocenters. The van der Waals surface area contributed by atoms with Crippen LogP contribution in [0.1, 0.15) is 33.1 Å². The van der Waals surface area contributed by atoms with Crippen molar-refractivity contribution >= 4 is 8.32 Å². The second-order valence-electron chi connectivity index (χ2n) is 4.11. The van der Waals surface area contributed by atoms with Gasteiger partial charge in [-0.05, 0) is 38.9 Å². The van der Waals surface area contributed by atoms with E-state index in [2.05, 4.69) is 33.0 Å². The maximum atomic E-state index is 8.42. The van der Waals surface area contributed by atoms with E-state index < -0.39 is 8.32 Å². The number of nitrogens with zero attached hydrogens (tertiary/aromatic N) is 1. The van der Waals surface area contributed by atoms with Crippen molar-refractivity contribution in [3.63, 3.8) is 0 Å². The molecule has 13 heavy (non-hydrogen) atoms. The van der Waals surface area contributed by atoms with Crippen molar-refractivity contribution in [2.45, 2.75) is 58.4 Å². The van der Waals surface area contributed by atoms with Crippen LogP contribution >= 0.6 is 0 Å². The average molecular weight is 199 g/mol. The maximum absolute atomic E-state index is 8.42. The summed E-state index contributed by atoms with van der Waals surface area (Å²) in [6, 6.07) is 3.28. The fourth-order valence-electron chi connectivity index (χ4n) is 1.28. The summed E-state index contributed by atoms with van der Waals surface area (Å²) < 4.78 is 5.96. The van der Waals surface area contributed by atoms with Crippen molar-refractivity contribution in [1.82, 2.24) is 0 Å². The molecule has 0 aromatic carbocycles. The van der Waals surface area contributed by atoms with Gasteiger partial charge in [-0.3, -0.25) is 0 Å². The van der Waals surface area contributed by atoms with Crippen LogP contribution in [0.3, 0.4) is 0 Å². The van der Waals surface area contributed by atoms with Crippen LogP contribution in [0.15, 0.2) is 0 Å². The first-order valence-electron chi connectivity index (χ1n) is 5.06. The number of hydrogen-bond acceptors (Lipinski definition) is 2. The molecule has 0 aliphatic rings. The molecule has 0 N–H and O–H groups in total. The quantitative estimate of drug-likeness (QED) is 0.485. The van der Waals surface area contributed by atoms with Crippen molar-refractivity contribution in [2.24, 2.45) is 0 Å². The minimum absolute atomic E-state index is 0.378. The van der Waals surface area contributed by atoms with Gasteiger partial charge >= 0.3 is 0 Å². The molecule has 1 atom stereocenters. The Bertz CT molecular complexity index is 174. The van der Waals surface area contributed by atoms with Gasteiger partial charge in [0.15, 0.2) is 8.32 Å². The van der Waals surface area contributed by atoms with Gasteiger partial charge < -0.3 is 4.43 Å². The molecule has 76 valence electrons. The molecule has 3 heteroatoms. The summed E-state index contributed by atoms with van der Waals surface area (Å²) in [5, 5.41) is 8.42. The summed E-state index contributed by atoms with van der Waals surface area (Å²) in [5.41, 5.74) is 0. The molecule has 0 amide bonds. The Hall–Kier alpha value is -0.333. The molecular weight excluding hydrogens is 178 g/mol. The highest BCUT2D eigenvalue weighted by Gasteiger charge is 2.23. The summed E-state index contributed by atoms with van der Waals surface area (Å²) in [6.45, 7) is 8.73. The van der Waals surface area contributed by atoms with E-state index in [-0.39, 0.29) is 0 Å². The van der Waals surface area contributed by atoms with Crippen molar-refractivity contribution < 1.29 is 4.43 Å². The molecule has 0 aromatic heterocycles. The van der Waals surface area contributed by atoms with Crippen molar-refractivity contribution in [2.75, 3.05) is 0 Å². The summed E-state index contributed by atoms with van der Waals surface area (Å²) >= 11 is 0. The van der Waals surface area contributed by atoms with E-state index in [1.165, 1.54) is 0 Å².